The topological polar surface area (TPSA) is 54.0 Å². The van der Waals surface area contributed by atoms with Crippen LogP contribution in [0.4, 0.5) is 0 Å². The molecule has 0 radical (unpaired) electrons. The van der Waals surface area contributed by atoms with E-state index in [1.165, 1.54) is 0 Å². The number of rotatable bonds is 7. The molecule has 0 aromatic heterocycles. The van der Waals surface area contributed by atoms with E-state index < -0.39 is 0 Å². The fraction of sp³-hybridized carbons (Fsp3) is 0.250. The summed E-state index contributed by atoms with van der Waals surface area (Å²) in [5, 5.41) is 0. The molecule has 0 saturated heterocycles. The molecule has 1 aliphatic heterocycles. The first-order valence-electron chi connectivity index (χ1n) is 7.99. The third-order valence-corrected chi connectivity index (χ3v) is 4.09. The number of hydrogen-bond acceptors (Lipinski definition) is 5. The minimum atomic E-state index is -0.331. The highest BCUT2D eigenvalue weighted by Gasteiger charge is 2.22. The number of ketones is 1. The van der Waals surface area contributed by atoms with Crippen LogP contribution in [-0.2, 0) is 0 Å². The predicted octanol–water partition coefficient (Wildman–Crippen LogP) is 3.98. The molecule has 0 saturated carbocycles. The van der Waals surface area contributed by atoms with Gasteiger partial charge in [-0.3, -0.25) is 4.79 Å². The van der Waals surface area contributed by atoms with Gasteiger partial charge in [-0.15, -0.1) is 0 Å². The van der Waals surface area contributed by atoms with Crippen molar-refractivity contribution in [2.75, 3.05) is 20.5 Å². The summed E-state index contributed by atoms with van der Waals surface area (Å²) < 4.78 is 21.5. The van der Waals surface area contributed by atoms with Crippen LogP contribution in [0.2, 0.25) is 0 Å². The molecule has 0 unspecified atom stereocenters. The Labute approximate surface area is 146 Å². The first kappa shape index (κ1) is 16.9. The van der Waals surface area contributed by atoms with Gasteiger partial charge in [0.1, 0.15) is 6.61 Å². The summed E-state index contributed by atoms with van der Waals surface area (Å²) in [5.41, 5.74) is 1.44. The van der Waals surface area contributed by atoms with Crippen LogP contribution < -0.4 is 18.9 Å². The van der Waals surface area contributed by atoms with Crippen LogP contribution in [0, 0.1) is 0 Å². The molecule has 5 heteroatoms. The Morgan fingerprint density at radius 3 is 2.76 bits per heavy atom. The zero-order valence-electron chi connectivity index (χ0n) is 14.3. The highest BCUT2D eigenvalue weighted by molar-refractivity contribution is 6.01. The number of carbonyl (C=O) groups excluding carboxylic acids is 1. The molecule has 130 valence electrons. The lowest BCUT2D eigenvalue weighted by Gasteiger charge is -2.15. The van der Waals surface area contributed by atoms with E-state index in [9.17, 15) is 4.79 Å². The summed E-state index contributed by atoms with van der Waals surface area (Å²) in [6.45, 7) is 6.07. The van der Waals surface area contributed by atoms with Gasteiger partial charge in [-0.1, -0.05) is 25.6 Å². The molecule has 0 fully saturated rings. The zero-order chi connectivity index (χ0) is 17.8. The maximum atomic E-state index is 12.8. The van der Waals surface area contributed by atoms with Crippen LogP contribution in [0.25, 0.3) is 0 Å². The van der Waals surface area contributed by atoms with Crippen molar-refractivity contribution in [1.29, 1.82) is 0 Å². The van der Waals surface area contributed by atoms with Gasteiger partial charge in [-0.25, -0.2) is 0 Å². The molecule has 0 spiro atoms. The van der Waals surface area contributed by atoms with Gasteiger partial charge in [0.25, 0.3) is 0 Å². The van der Waals surface area contributed by atoms with Gasteiger partial charge in [0.2, 0.25) is 6.79 Å². The van der Waals surface area contributed by atoms with Crippen LogP contribution >= 0.6 is 0 Å². The van der Waals surface area contributed by atoms with Crippen molar-refractivity contribution in [3.8, 4) is 23.0 Å². The van der Waals surface area contributed by atoms with Gasteiger partial charge < -0.3 is 18.9 Å². The Morgan fingerprint density at radius 1 is 1.20 bits per heavy atom. The molecule has 1 heterocycles. The molecule has 5 nitrogen and oxygen atoms in total. The van der Waals surface area contributed by atoms with Crippen molar-refractivity contribution in [2.45, 2.75) is 12.8 Å². The molecule has 2 aromatic carbocycles. The second-order valence-corrected chi connectivity index (χ2v) is 5.66. The maximum Gasteiger partial charge on any atom is 0.231 e. The third-order valence-electron chi connectivity index (χ3n) is 4.09. The summed E-state index contributed by atoms with van der Waals surface area (Å²) in [4.78, 5) is 12.8. The van der Waals surface area contributed by atoms with Crippen LogP contribution in [0.3, 0.4) is 0 Å². The van der Waals surface area contributed by atoms with E-state index in [0.717, 1.165) is 5.56 Å². The van der Waals surface area contributed by atoms with E-state index in [4.69, 9.17) is 18.9 Å². The molecule has 0 bridgehead atoms. The second-order valence-electron chi connectivity index (χ2n) is 5.66. The van der Waals surface area contributed by atoms with E-state index in [0.29, 0.717) is 35.2 Å². The van der Waals surface area contributed by atoms with E-state index in [2.05, 4.69) is 6.58 Å². The van der Waals surface area contributed by atoms with Crippen molar-refractivity contribution in [1.82, 2.24) is 0 Å². The molecule has 0 N–H and O–H groups in total. The predicted molar refractivity (Wildman–Crippen MR) is 94.0 cm³/mol. The first-order chi connectivity index (χ1) is 12.1. The van der Waals surface area contributed by atoms with E-state index in [-0.39, 0.29) is 18.5 Å². The fourth-order valence-corrected chi connectivity index (χ4v) is 2.67. The Hall–Kier alpha value is -2.95. The number of hydrogen-bond donors (Lipinski definition) is 0. The molecule has 1 atom stereocenters. The maximum absolute atomic E-state index is 12.8. The molecule has 1 aliphatic rings. The normalized spacial score (nSPS) is 13.2. The van der Waals surface area contributed by atoms with Crippen molar-refractivity contribution < 1.29 is 23.7 Å². The van der Waals surface area contributed by atoms with E-state index in [1.807, 2.05) is 19.1 Å². The lowest BCUT2D eigenvalue weighted by atomic mass is 9.92. The lowest BCUT2D eigenvalue weighted by Crippen LogP contribution is -2.10. The third kappa shape index (κ3) is 3.45. The molecular weight excluding hydrogens is 320 g/mol. The molecule has 0 amide bonds. The minimum Gasteiger partial charge on any atom is -0.493 e. The average molecular weight is 340 g/mol. The first-order valence-corrected chi connectivity index (χ1v) is 7.99. The smallest absolute Gasteiger partial charge is 0.231 e. The van der Waals surface area contributed by atoms with Crippen molar-refractivity contribution in [3.63, 3.8) is 0 Å². The molecular formula is C20H20O5. The summed E-state index contributed by atoms with van der Waals surface area (Å²) in [6, 6.07) is 10.7. The number of ether oxygens (including phenoxy) is 4. The summed E-state index contributed by atoms with van der Waals surface area (Å²) in [7, 11) is 1.57. The van der Waals surface area contributed by atoms with E-state index >= 15 is 0 Å². The fourth-order valence-electron chi connectivity index (χ4n) is 2.67. The quantitative estimate of drug-likeness (QED) is 0.564. The Balaban J connectivity index is 1.83. The number of carbonyl (C=O) groups is 1. The number of benzene rings is 2. The van der Waals surface area contributed by atoms with Gasteiger partial charge in [0.05, 0.1) is 7.11 Å². The standard InChI is InChI=1S/C20H20O5/c1-4-9-23-16-7-5-14(10-18(16)22-3)13(2)20(21)15-6-8-17-19(11-15)25-12-24-17/h4-8,10-11,13H,1,9,12H2,2-3H3/t13-/m0/s1. The van der Waals surface area contributed by atoms with Gasteiger partial charge in [0.15, 0.2) is 28.8 Å². The lowest BCUT2D eigenvalue weighted by molar-refractivity contribution is 0.0965. The number of fused-ring (bicyclic) bond motifs is 1. The number of Topliss-reactive ketones (excluding diaryl/α,β-unsaturated/α-hetero) is 1. The van der Waals surface area contributed by atoms with Crippen LogP contribution in [0.5, 0.6) is 23.0 Å². The molecule has 2 aromatic rings. The molecule has 0 aliphatic carbocycles. The Bertz CT molecular complexity index is 797. The largest absolute Gasteiger partial charge is 0.493 e. The average Bonchev–Trinajstić information content (AvgIpc) is 3.12. The van der Waals surface area contributed by atoms with Gasteiger partial charge >= 0.3 is 0 Å². The minimum absolute atomic E-state index is 0.000105. The molecule has 3 rings (SSSR count). The van der Waals surface area contributed by atoms with Crippen LogP contribution in [0.1, 0.15) is 28.8 Å². The van der Waals surface area contributed by atoms with E-state index in [1.54, 1.807) is 37.5 Å². The Kier molecular flexibility index (Phi) is 4.93. The second kappa shape index (κ2) is 7.30. The highest BCUT2D eigenvalue weighted by atomic mass is 16.7. The zero-order valence-corrected chi connectivity index (χ0v) is 14.3. The molecule has 25 heavy (non-hydrogen) atoms. The summed E-state index contributed by atoms with van der Waals surface area (Å²) >= 11 is 0. The summed E-state index contributed by atoms with van der Waals surface area (Å²) in [5.74, 6) is 2.14. The van der Waals surface area contributed by atoms with Gasteiger partial charge in [-0.05, 0) is 35.9 Å². The van der Waals surface area contributed by atoms with Gasteiger partial charge in [0, 0.05) is 11.5 Å². The van der Waals surface area contributed by atoms with Crippen molar-refractivity contribution >= 4 is 5.78 Å². The van der Waals surface area contributed by atoms with Crippen LogP contribution in [0.15, 0.2) is 49.1 Å². The van der Waals surface area contributed by atoms with Crippen molar-refractivity contribution in [3.05, 3.63) is 60.2 Å². The highest BCUT2D eigenvalue weighted by Crippen LogP contribution is 2.35. The summed E-state index contributed by atoms with van der Waals surface area (Å²) in [6.07, 6.45) is 1.67. The monoisotopic (exact) mass is 340 g/mol. The van der Waals surface area contributed by atoms with Crippen LogP contribution in [-0.4, -0.2) is 26.3 Å². The van der Waals surface area contributed by atoms with Crippen molar-refractivity contribution in [2.24, 2.45) is 0 Å². The number of methoxy groups -OCH3 is 1. The SMILES string of the molecule is C=CCOc1ccc([C@H](C)C(=O)c2ccc3c(c2)OCO3)cc1OC. The van der Waals surface area contributed by atoms with Gasteiger partial charge in [-0.2, -0.15) is 0 Å². The Morgan fingerprint density at radius 2 is 2.00 bits per heavy atom.